The second kappa shape index (κ2) is 16.5. The third kappa shape index (κ3) is 12.5. The second-order valence-corrected chi connectivity index (χ2v) is 7.13. The fourth-order valence-electron chi connectivity index (χ4n) is 2.76. The quantitative estimate of drug-likeness (QED) is 0.352. The molecule has 2 amide bonds. The lowest BCUT2D eigenvalue weighted by atomic mass is 10.2. The minimum Gasteiger partial charge on any atom is -0.375 e. The summed E-state index contributed by atoms with van der Waals surface area (Å²) < 4.78 is 11.0. The van der Waals surface area contributed by atoms with E-state index in [9.17, 15) is 9.59 Å². The lowest BCUT2D eigenvalue weighted by Gasteiger charge is -2.06. The van der Waals surface area contributed by atoms with Crippen LogP contribution in [0.4, 0.5) is 0 Å². The minimum absolute atomic E-state index is 0.0455. The second-order valence-electron chi connectivity index (χ2n) is 7.13. The van der Waals surface area contributed by atoms with Gasteiger partial charge in [0.1, 0.15) is 0 Å². The molecule has 0 spiro atoms. The Morgan fingerprint density at radius 3 is 1.47 bits per heavy atom. The number of benzene rings is 2. The molecule has 32 heavy (non-hydrogen) atoms. The van der Waals surface area contributed by atoms with E-state index in [-0.39, 0.29) is 11.8 Å². The molecule has 2 aromatic carbocycles. The molecule has 0 bridgehead atoms. The van der Waals surface area contributed by atoms with Gasteiger partial charge in [0.25, 0.3) is 0 Å². The van der Waals surface area contributed by atoms with Crippen molar-refractivity contribution >= 4 is 11.8 Å². The molecular formula is C26H32N2O4. The Labute approximate surface area is 190 Å². The van der Waals surface area contributed by atoms with Crippen molar-refractivity contribution in [2.45, 2.75) is 38.9 Å². The minimum atomic E-state index is -0.0455. The Kier molecular flexibility index (Phi) is 13.0. The summed E-state index contributed by atoms with van der Waals surface area (Å²) in [5.74, 6) is 5.79. The van der Waals surface area contributed by atoms with Gasteiger partial charge in [-0.2, -0.15) is 0 Å². The van der Waals surface area contributed by atoms with Crippen molar-refractivity contribution in [2.24, 2.45) is 0 Å². The van der Waals surface area contributed by atoms with E-state index in [2.05, 4.69) is 22.5 Å². The first kappa shape index (κ1) is 25.1. The van der Waals surface area contributed by atoms with Gasteiger partial charge in [0.2, 0.25) is 11.8 Å². The summed E-state index contributed by atoms with van der Waals surface area (Å²) in [6.45, 7) is 2.98. The summed E-state index contributed by atoms with van der Waals surface area (Å²) in [4.78, 5) is 23.5. The summed E-state index contributed by atoms with van der Waals surface area (Å²) >= 11 is 0. The first-order chi connectivity index (χ1) is 15.7. The van der Waals surface area contributed by atoms with Crippen molar-refractivity contribution in [3.63, 3.8) is 0 Å². The molecule has 0 saturated heterocycles. The SMILES string of the molecule is O=C(CCC#CCCC(=O)NCCOCc1ccccc1)NCCOCc1ccccc1. The smallest absolute Gasteiger partial charge is 0.221 e. The van der Waals surface area contributed by atoms with Gasteiger partial charge in [-0.05, 0) is 11.1 Å². The van der Waals surface area contributed by atoms with Gasteiger partial charge in [-0.3, -0.25) is 9.59 Å². The van der Waals surface area contributed by atoms with Crippen molar-refractivity contribution in [1.29, 1.82) is 0 Å². The van der Waals surface area contributed by atoms with Gasteiger partial charge in [0, 0.05) is 38.8 Å². The summed E-state index contributed by atoms with van der Waals surface area (Å²) in [7, 11) is 0. The molecule has 0 heterocycles. The number of amides is 2. The molecule has 2 rings (SSSR count). The maximum atomic E-state index is 11.8. The van der Waals surface area contributed by atoms with E-state index < -0.39 is 0 Å². The van der Waals surface area contributed by atoms with Gasteiger partial charge in [0.05, 0.1) is 26.4 Å². The van der Waals surface area contributed by atoms with E-state index in [0.29, 0.717) is 65.2 Å². The van der Waals surface area contributed by atoms with Gasteiger partial charge in [-0.25, -0.2) is 0 Å². The predicted octanol–water partition coefficient (Wildman–Crippen LogP) is 3.22. The largest absolute Gasteiger partial charge is 0.375 e. The zero-order chi connectivity index (χ0) is 22.7. The third-order valence-corrected chi connectivity index (χ3v) is 4.44. The Morgan fingerprint density at radius 2 is 1.06 bits per heavy atom. The van der Waals surface area contributed by atoms with Gasteiger partial charge in [0.15, 0.2) is 0 Å². The fourth-order valence-corrected chi connectivity index (χ4v) is 2.76. The average Bonchev–Trinajstić information content (AvgIpc) is 2.82. The van der Waals surface area contributed by atoms with Gasteiger partial charge < -0.3 is 20.1 Å². The molecule has 2 N–H and O–H groups in total. The normalized spacial score (nSPS) is 10.1. The van der Waals surface area contributed by atoms with E-state index in [4.69, 9.17) is 9.47 Å². The fraction of sp³-hybridized carbons (Fsp3) is 0.385. The lowest BCUT2D eigenvalue weighted by molar-refractivity contribution is -0.122. The highest BCUT2D eigenvalue weighted by Gasteiger charge is 2.00. The molecule has 0 radical (unpaired) electrons. The van der Waals surface area contributed by atoms with Gasteiger partial charge in [-0.15, -0.1) is 11.8 Å². The molecule has 0 unspecified atom stereocenters. The van der Waals surface area contributed by atoms with Crippen molar-refractivity contribution < 1.29 is 19.1 Å². The highest BCUT2D eigenvalue weighted by Crippen LogP contribution is 2.00. The molecule has 6 heteroatoms. The van der Waals surface area contributed by atoms with Crippen LogP contribution in [0.2, 0.25) is 0 Å². The van der Waals surface area contributed by atoms with E-state index in [1.165, 1.54) is 0 Å². The number of ether oxygens (including phenoxy) is 2. The molecule has 0 fully saturated rings. The Hall–Kier alpha value is -3.14. The van der Waals surface area contributed by atoms with Crippen LogP contribution < -0.4 is 10.6 Å². The molecule has 0 aliphatic heterocycles. The monoisotopic (exact) mass is 436 g/mol. The van der Waals surface area contributed by atoms with Gasteiger partial charge in [-0.1, -0.05) is 60.7 Å². The zero-order valence-electron chi connectivity index (χ0n) is 18.5. The van der Waals surface area contributed by atoms with Crippen molar-refractivity contribution in [1.82, 2.24) is 10.6 Å². The number of nitrogens with one attached hydrogen (secondary N) is 2. The molecule has 0 saturated carbocycles. The van der Waals surface area contributed by atoms with Crippen LogP contribution in [0.25, 0.3) is 0 Å². The predicted molar refractivity (Wildman–Crippen MR) is 124 cm³/mol. The summed E-state index contributed by atoms with van der Waals surface area (Å²) in [5.41, 5.74) is 2.22. The molecule has 6 nitrogen and oxygen atoms in total. The van der Waals surface area contributed by atoms with Crippen LogP contribution in [0, 0.1) is 11.8 Å². The Morgan fingerprint density at radius 1 is 0.656 bits per heavy atom. The molecule has 0 aromatic heterocycles. The first-order valence-corrected chi connectivity index (χ1v) is 11.0. The topological polar surface area (TPSA) is 76.7 Å². The number of rotatable bonds is 14. The highest BCUT2D eigenvalue weighted by atomic mass is 16.5. The molecule has 0 aliphatic carbocycles. The van der Waals surface area contributed by atoms with E-state index in [1.807, 2.05) is 60.7 Å². The summed E-state index contributed by atoms with van der Waals surface area (Å²) in [5, 5.41) is 5.63. The third-order valence-electron chi connectivity index (χ3n) is 4.44. The van der Waals surface area contributed by atoms with Crippen LogP contribution in [-0.2, 0) is 32.3 Å². The number of carbonyl (C=O) groups is 2. The van der Waals surface area contributed by atoms with Crippen LogP contribution in [0.5, 0.6) is 0 Å². The van der Waals surface area contributed by atoms with Crippen molar-refractivity contribution in [3.05, 3.63) is 71.8 Å². The first-order valence-electron chi connectivity index (χ1n) is 11.0. The average molecular weight is 437 g/mol. The Balaban J connectivity index is 1.39. The van der Waals surface area contributed by atoms with Crippen LogP contribution in [-0.4, -0.2) is 38.1 Å². The highest BCUT2D eigenvalue weighted by molar-refractivity contribution is 5.76. The molecule has 2 aromatic rings. The number of carbonyl (C=O) groups excluding carboxylic acids is 2. The lowest BCUT2D eigenvalue weighted by Crippen LogP contribution is -2.27. The van der Waals surface area contributed by atoms with Crippen LogP contribution in [0.3, 0.4) is 0 Å². The van der Waals surface area contributed by atoms with Crippen LogP contribution in [0.15, 0.2) is 60.7 Å². The summed E-state index contributed by atoms with van der Waals surface area (Å²) in [6.07, 6.45) is 1.64. The maximum absolute atomic E-state index is 11.8. The Bertz CT molecular complexity index is 775. The van der Waals surface area contributed by atoms with Crippen LogP contribution >= 0.6 is 0 Å². The number of hydrogen-bond acceptors (Lipinski definition) is 4. The molecule has 0 aliphatic rings. The van der Waals surface area contributed by atoms with E-state index >= 15 is 0 Å². The van der Waals surface area contributed by atoms with E-state index in [1.54, 1.807) is 0 Å². The standard InChI is InChI=1S/C26H32N2O4/c29-25(27-17-19-31-21-23-11-5-3-6-12-23)15-9-1-2-10-16-26(30)28-18-20-32-22-24-13-7-4-8-14-24/h3-8,11-14H,9-10,15-22H2,(H,27,29)(H,28,30). The van der Waals surface area contributed by atoms with Crippen LogP contribution in [0.1, 0.15) is 36.8 Å². The zero-order valence-corrected chi connectivity index (χ0v) is 18.5. The molecule has 170 valence electrons. The molecule has 0 atom stereocenters. The van der Waals surface area contributed by atoms with Crippen molar-refractivity contribution in [2.75, 3.05) is 26.3 Å². The molecular weight excluding hydrogens is 404 g/mol. The van der Waals surface area contributed by atoms with Gasteiger partial charge >= 0.3 is 0 Å². The summed E-state index contributed by atoms with van der Waals surface area (Å²) in [6, 6.07) is 19.8. The van der Waals surface area contributed by atoms with Crippen molar-refractivity contribution in [3.8, 4) is 11.8 Å². The van der Waals surface area contributed by atoms with E-state index in [0.717, 1.165) is 11.1 Å². The maximum Gasteiger partial charge on any atom is 0.221 e. The number of hydrogen-bond donors (Lipinski definition) is 2.